The van der Waals surface area contributed by atoms with Crippen LogP contribution in [-0.2, 0) is 0 Å². The van der Waals surface area contributed by atoms with E-state index in [4.69, 9.17) is 0 Å². The molecule has 17 heavy (non-hydrogen) atoms. The van der Waals surface area contributed by atoms with Gasteiger partial charge < -0.3 is 4.98 Å². The van der Waals surface area contributed by atoms with Gasteiger partial charge in [0.2, 0.25) is 0 Å². The number of aromatic nitrogens is 2. The highest BCUT2D eigenvalue weighted by Gasteiger charge is 2.12. The highest BCUT2D eigenvalue weighted by atomic mass is 14.9. The van der Waals surface area contributed by atoms with Gasteiger partial charge >= 0.3 is 0 Å². The second-order valence-electron chi connectivity index (χ2n) is 3.75. The first-order chi connectivity index (χ1) is 8.40. The first-order valence-electron chi connectivity index (χ1n) is 5.32. The van der Waals surface area contributed by atoms with E-state index in [1.54, 1.807) is 6.20 Å². The van der Waals surface area contributed by atoms with E-state index in [-0.39, 0.29) is 0 Å². The van der Waals surface area contributed by atoms with E-state index in [2.05, 4.69) is 16.0 Å². The van der Waals surface area contributed by atoms with E-state index in [9.17, 15) is 5.26 Å². The number of nitrogens with zero attached hydrogens (tertiary/aromatic N) is 2. The van der Waals surface area contributed by atoms with E-state index < -0.39 is 0 Å². The minimum atomic E-state index is 0.652. The van der Waals surface area contributed by atoms with Crippen LogP contribution in [0.25, 0.3) is 22.3 Å². The molecule has 0 saturated carbocycles. The molecule has 3 nitrogen and oxygen atoms in total. The van der Waals surface area contributed by atoms with Crippen molar-refractivity contribution in [3.8, 4) is 17.3 Å². The molecule has 0 radical (unpaired) electrons. The molecule has 0 amide bonds. The summed E-state index contributed by atoms with van der Waals surface area (Å²) in [6, 6.07) is 15.8. The quantitative estimate of drug-likeness (QED) is 0.683. The maximum absolute atomic E-state index is 9.27. The molecule has 0 bridgehead atoms. The molecule has 0 unspecified atom stereocenters. The topological polar surface area (TPSA) is 52.5 Å². The molecule has 0 fully saturated rings. The zero-order valence-corrected chi connectivity index (χ0v) is 9.01. The lowest BCUT2D eigenvalue weighted by atomic mass is 10.1. The Morgan fingerprint density at radius 3 is 2.65 bits per heavy atom. The van der Waals surface area contributed by atoms with Gasteiger partial charge in [-0.3, -0.25) is 0 Å². The summed E-state index contributed by atoms with van der Waals surface area (Å²) in [4.78, 5) is 7.43. The van der Waals surface area contributed by atoms with Crippen molar-refractivity contribution >= 4 is 11.0 Å². The number of nitriles is 1. The third kappa shape index (κ3) is 1.47. The number of aromatic amines is 1. The molecular weight excluding hydrogens is 210 g/mol. The van der Waals surface area contributed by atoms with Crippen molar-refractivity contribution in [3.05, 3.63) is 54.2 Å². The fourth-order valence-electron chi connectivity index (χ4n) is 1.96. The Balaban J connectivity index is 2.35. The highest BCUT2D eigenvalue weighted by molar-refractivity contribution is 5.91. The van der Waals surface area contributed by atoms with Crippen LogP contribution in [0.5, 0.6) is 0 Å². The molecule has 0 spiro atoms. The number of nitrogens with one attached hydrogen (secondary N) is 1. The van der Waals surface area contributed by atoms with Crippen LogP contribution in [0.4, 0.5) is 0 Å². The average Bonchev–Trinajstić information content (AvgIpc) is 2.78. The molecule has 3 heteroatoms. The van der Waals surface area contributed by atoms with Gasteiger partial charge in [0.25, 0.3) is 0 Å². The average molecular weight is 219 g/mol. The van der Waals surface area contributed by atoms with Crippen LogP contribution in [-0.4, -0.2) is 9.97 Å². The zero-order chi connectivity index (χ0) is 11.7. The molecule has 1 aromatic carbocycles. The van der Waals surface area contributed by atoms with Crippen LogP contribution in [0.2, 0.25) is 0 Å². The van der Waals surface area contributed by atoms with E-state index in [0.29, 0.717) is 5.56 Å². The first-order valence-corrected chi connectivity index (χ1v) is 5.32. The van der Waals surface area contributed by atoms with Gasteiger partial charge in [-0.2, -0.15) is 5.26 Å². The summed E-state index contributed by atoms with van der Waals surface area (Å²) in [5.74, 6) is 0. The monoisotopic (exact) mass is 219 g/mol. The van der Waals surface area contributed by atoms with Crippen molar-refractivity contribution in [1.29, 1.82) is 5.26 Å². The van der Waals surface area contributed by atoms with Crippen LogP contribution in [0, 0.1) is 11.3 Å². The molecule has 0 atom stereocenters. The van der Waals surface area contributed by atoms with Gasteiger partial charge in [-0.25, -0.2) is 4.98 Å². The van der Waals surface area contributed by atoms with E-state index in [0.717, 1.165) is 22.3 Å². The molecule has 0 aliphatic carbocycles. The summed E-state index contributed by atoms with van der Waals surface area (Å²) < 4.78 is 0. The van der Waals surface area contributed by atoms with Gasteiger partial charge in [-0.1, -0.05) is 30.3 Å². The van der Waals surface area contributed by atoms with Gasteiger partial charge in [-0.15, -0.1) is 0 Å². The predicted molar refractivity (Wildman–Crippen MR) is 66.2 cm³/mol. The lowest BCUT2D eigenvalue weighted by molar-refractivity contribution is 1.32. The Hall–Kier alpha value is -2.60. The van der Waals surface area contributed by atoms with Gasteiger partial charge in [0.05, 0.1) is 11.3 Å². The molecule has 0 saturated heterocycles. The predicted octanol–water partition coefficient (Wildman–Crippen LogP) is 3.10. The summed E-state index contributed by atoms with van der Waals surface area (Å²) in [6.45, 7) is 0. The Kier molecular flexibility index (Phi) is 2.13. The number of hydrogen-bond donors (Lipinski definition) is 1. The fourth-order valence-corrected chi connectivity index (χ4v) is 1.96. The SMILES string of the molecule is N#Cc1c(-c2ccccc2)[nH]c2ncccc12. The molecule has 3 aromatic rings. The minimum absolute atomic E-state index is 0.652. The van der Waals surface area contributed by atoms with E-state index in [1.807, 2.05) is 42.5 Å². The first kappa shape index (κ1) is 9.61. The Morgan fingerprint density at radius 2 is 1.88 bits per heavy atom. The number of pyridine rings is 1. The number of H-pyrrole nitrogens is 1. The molecule has 0 aliphatic heterocycles. The standard InChI is InChI=1S/C14H9N3/c15-9-12-11-7-4-8-16-14(11)17-13(12)10-5-2-1-3-6-10/h1-8H,(H,16,17). The van der Waals surface area contributed by atoms with Crippen molar-refractivity contribution in [3.63, 3.8) is 0 Å². The summed E-state index contributed by atoms with van der Waals surface area (Å²) in [7, 11) is 0. The highest BCUT2D eigenvalue weighted by Crippen LogP contribution is 2.28. The lowest BCUT2D eigenvalue weighted by Gasteiger charge is -1.97. The molecular formula is C14H9N3. The molecule has 2 aromatic heterocycles. The smallest absolute Gasteiger partial charge is 0.139 e. The molecule has 2 heterocycles. The van der Waals surface area contributed by atoms with Crippen molar-refractivity contribution in [2.45, 2.75) is 0 Å². The van der Waals surface area contributed by atoms with E-state index in [1.165, 1.54) is 0 Å². The number of rotatable bonds is 1. The summed E-state index contributed by atoms with van der Waals surface area (Å²) in [6.07, 6.45) is 1.72. The van der Waals surface area contributed by atoms with Gasteiger partial charge in [0.1, 0.15) is 11.7 Å². The number of fused-ring (bicyclic) bond motifs is 1. The van der Waals surface area contributed by atoms with Gasteiger partial charge in [-0.05, 0) is 17.7 Å². The summed E-state index contributed by atoms with van der Waals surface area (Å²) in [5.41, 5.74) is 3.24. The molecule has 1 N–H and O–H groups in total. The maximum atomic E-state index is 9.27. The van der Waals surface area contributed by atoms with Crippen molar-refractivity contribution in [1.82, 2.24) is 9.97 Å². The normalized spacial score (nSPS) is 10.3. The zero-order valence-electron chi connectivity index (χ0n) is 9.01. The van der Waals surface area contributed by atoms with Crippen molar-refractivity contribution in [2.75, 3.05) is 0 Å². The van der Waals surface area contributed by atoms with Gasteiger partial charge in [0, 0.05) is 11.6 Å². The minimum Gasteiger partial charge on any atom is -0.338 e. The van der Waals surface area contributed by atoms with Gasteiger partial charge in [0.15, 0.2) is 0 Å². The second kappa shape index (κ2) is 3.76. The summed E-state index contributed by atoms with van der Waals surface area (Å²) in [5, 5.41) is 10.1. The van der Waals surface area contributed by atoms with Crippen molar-refractivity contribution < 1.29 is 0 Å². The maximum Gasteiger partial charge on any atom is 0.139 e. The van der Waals surface area contributed by atoms with Crippen LogP contribution >= 0.6 is 0 Å². The third-order valence-electron chi connectivity index (χ3n) is 2.74. The molecule has 0 aliphatic rings. The van der Waals surface area contributed by atoms with Crippen LogP contribution in [0.15, 0.2) is 48.7 Å². The number of benzene rings is 1. The third-order valence-corrected chi connectivity index (χ3v) is 2.74. The Morgan fingerprint density at radius 1 is 1.06 bits per heavy atom. The second-order valence-corrected chi connectivity index (χ2v) is 3.75. The number of hydrogen-bond acceptors (Lipinski definition) is 2. The fraction of sp³-hybridized carbons (Fsp3) is 0. The Labute approximate surface area is 98.4 Å². The Bertz CT molecular complexity index is 705. The largest absolute Gasteiger partial charge is 0.338 e. The molecule has 3 rings (SSSR count). The lowest BCUT2D eigenvalue weighted by Crippen LogP contribution is -1.80. The van der Waals surface area contributed by atoms with Crippen molar-refractivity contribution in [2.24, 2.45) is 0 Å². The summed E-state index contributed by atoms with van der Waals surface area (Å²) >= 11 is 0. The molecule has 80 valence electrons. The van der Waals surface area contributed by atoms with E-state index >= 15 is 0 Å². The van der Waals surface area contributed by atoms with Crippen LogP contribution < -0.4 is 0 Å². The van der Waals surface area contributed by atoms with Crippen LogP contribution in [0.3, 0.4) is 0 Å². The van der Waals surface area contributed by atoms with Crippen LogP contribution in [0.1, 0.15) is 5.56 Å².